The topological polar surface area (TPSA) is 150 Å². The molecule has 5 aromatic rings. The van der Waals surface area contributed by atoms with Crippen molar-refractivity contribution in [3.63, 3.8) is 0 Å². The monoisotopic (exact) mass is 629 g/mol. The molecule has 0 unspecified atom stereocenters. The van der Waals surface area contributed by atoms with E-state index in [4.69, 9.17) is 14.5 Å². The minimum atomic E-state index is -5.38. The SMILES string of the molecule is O=C(ONS(=O)(=O)c1ccc(-c2cnc(N3CCOCC3)c3nc(COc4ccc5ccccc5n4)cn23)cn1)C(F)(F)F. The normalized spacial score (nSPS) is 14.2. The molecule has 0 spiro atoms. The molecule has 1 aliphatic heterocycles. The third-order valence-corrected chi connectivity index (χ3v) is 7.65. The summed E-state index contributed by atoms with van der Waals surface area (Å²) in [5.41, 5.74) is 2.77. The van der Waals surface area contributed by atoms with E-state index in [1.54, 1.807) is 22.9 Å². The number of ether oxygens (including phenoxy) is 2. The number of morpholine rings is 1. The van der Waals surface area contributed by atoms with Crippen LogP contribution in [0.2, 0.25) is 0 Å². The molecule has 1 N–H and O–H groups in total. The van der Waals surface area contributed by atoms with Gasteiger partial charge in [0.15, 0.2) is 16.5 Å². The minimum Gasteiger partial charge on any atom is -0.471 e. The van der Waals surface area contributed by atoms with E-state index in [2.05, 4.69) is 19.8 Å². The van der Waals surface area contributed by atoms with Crippen molar-refractivity contribution in [1.82, 2.24) is 29.2 Å². The van der Waals surface area contributed by atoms with Crippen LogP contribution >= 0.6 is 0 Å². The van der Waals surface area contributed by atoms with Gasteiger partial charge in [-0.05, 0) is 29.2 Å². The van der Waals surface area contributed by atoms with Crippen LogP contribution in [0.25, 0.3) is 27.8 Å². The molecule has 0 bridgehead atoms. The van der Waals surface area contributed by atoms with Crippen molar-refractivity contribution in [1.29, 1.82) is 0 Å². The van der Waals surface area contributed by atoms with Gasteiger partial charge >= 0.3 is 12.1 Å². The number of aromatic nitrogens is 5. The molecule has 0 radical (unpaired) electrons. The van der Waals surface area contributed by atoms with Gasteiger partial charge in [0.1, 0.15) is 6.61 Å². The van der Waals surface area contributed by atoms with E-state index >= 15 is 0 Å². The van der Waals surface area contributed by atoms with Gasteiger partial charge in [0.05, 0.1) is 36.3 Å². The zero-order valence-corrected chi connectivity index (χ0v) is 23.4. The van der Waals surface area contributed by atoms with Gasteiger partial charge in [0, 0.05) is 42.5 Å². The standard InChI is InChI=1S/C27H22F3N7O6S/c28-27(29,30)26(38)43-35-44(39,40)23-8-6-18(13-31-23)21-14-32-24(36-9-11-41-12-10-36)25-33-19(15-37(21)25)16-42-22-7-5-17-3-1-2-4-20(17)34-22/h1-8,13-15,35H,9-12,16H2. The first-order chi connectivity index (χ1) is 21.1. The average molecular weight is 630 g/mol. The largest absolute Gasteiger partial charge is 0.492 e. The third kappa shape index (κ3) is 6.10. The Morgan fingerprint density at radius 1 is 1.00 bits per heavy atom. The highest BCUT2D eigenvalue weighted by Crippen LogP contribution is 2.28. The van der Waals surface area contributed by atoms with Crippen molar-refractivity contribution in [2.75, 3.05) is 31.2 Å². The number of rotatable bonds is 8. The smallest absolute Gasteiger partial charge is 0.471 e. The molecule has 228 valence electrons. The molecular weight excluding hydrogens is 607 g/mol. The number of pyridine rings is 2. The van der Waals surface area contributed by atoms with Crippen molar-refractivity contribution >= 4 is 38.4 Å². The van der Waals surface area contributed by atoms with Crippen LogP contribution in [0.15, 0.2) is 72.1 Å². The number of alkyl halides is 3. The number of carbonyl (C=O) groups excluding carboxylic acids is 1. The van der Waals surface area contributed by atoms with Crippen LogP contribution in [0.3, 0.4) is 0 Å². The molecule has 5 heterocycles. The van der Waals surface area contributed by atoms with Gasteiger partial charge in [-0.1, -0.05) is 18.2 Å². The maximum absolute atomic E-state index is 12.4. The van der Waals surface area contributed by atoms with Crippen LogP contribution < -0.4 is 14.5 Å². The van der Waals surface area contributed by atoms with Crippen LogP contribution in [-0.2, 0) is 31.0 Å². The molecule has 44 heavy (non-hydrogen) atoms. The Labute approximate surface area is 247 Å². The van der Waals surface area contributed by atoms with Gasteiger partial charge in [-0.2, -0.15) is 13.2 Å². The second kappa shape index (κ2) is 11.7. The fourth-order valence-electron chi connectivity index (χ4n) is 4.45. The number of benzene rings is 1. The molecule has 1 saturated heterocycles. The number of nitrogens with one attached hydrogen (secondary N) is 1. The molecule has 0 amide bonds. The lowest BCUT2D eigenvalue weighted by molar-refractivity contribution is -0.203. The lowest BCUT2D eigenvalue weighted by Gasteiger charge is -2.28. The summed E-state index contributed by atoms with van der Waals surface area (Å²) >= 11 is 0. The Balaban J connectivity index is 1.29. The molecule has 6 rings (SSSR count). The fourth-order valence-corrected chi connectivity index (χ4v) is 5.16. The van der Waals surface area contributed by atoms with Gasteiger partial charge in [0.2, 0.25) is 5.88 Å². The highest BCUT2D eigenvalue weighted by Gasteiger charge is 2.42. The second-order valence-corrected chi connectivity index (χ2v) is 11.1. The zero-order valence-electron chi connectivity index (χ0n) is 22.6. The van der Waals surface area contributed by atoms with Crippen molar-refractivity contribution in [3.8, 4) is 17.1 Å². The summed E-state index contributed by atoms with van der Waals surface area (Å²) in [5, 5.41) is 0.303. The lowest BCUT2D eigenvalue weighted by atomic mass is 10.2. The van der Waals surface area contributed by atoms with Crippen molar-refractivity contribution in [2.45, 2.75) is 17.8 Å². The molecule has 0 saturated carbocycles. The van der Waals surface area contributed by atoms with Gasteiger partial charge in [-0.25, -0.2) is 33.1 Å². The summed E-state index contributed by atoms with van der Waals surface area (Å²) < 4.78 is 75.0. The highest BCUT2D eigenvalue weighted by molar-refractivity contribution is 7.89. The zero-order chi connectivity index (χ0) is 30.9. The van der Waals surface area contributed by atoms with E-state index in [0.717, 1.165) is 21.9 Å². The van der Waals surface area contributed by atoms with Crippen LogP contribution in [0.4, 0.5) is 19.0 Å². The summed E-state index contributed by atoms with van der Waals surface area (Å²) in [4.78, 5) is 35.5. The molecule has 1 aliphatic rings. The molecule has 17 heteroatoms. The van der Waals surface area contributed by atoms with E-state index in [1.165, 1.54) is 12.3 Å². The van der Waals surface area contributed by atoms with Gasteiger partial charge in [-0.15, -0.1) is 0 Å². The number of imidazole rings is 1. The van der Waals surface area contributed by atoms with Gasteiger partial charge < -0.3 is 19.2 Å². The first-order valence-electron chi connectivity index (χ1n) is 13.0. The summed E-state index contributed by atoms with van der Waals surface area (Å²) in [6, 6.07) is 13.8. The molecular formula is C27H22F3N7O6S. The van der Waals surface area contributed by atoms with Crippen LogP contribution in [0.1, 0.15) is 5.69 Å². The molecule has 1 aromatic carbocycles. The fraction of sp³-hybridized carbons (Fsp3) is 0.222. The number of carbonyl (C=O) groups is 1. The van der Waals surface area contributed by atoms with Crippen LogP contribution in [-0.4, -0.2) is 71.2 Å². The number of fused-ring (bicyclic) bond motifs is 2. The van der Waals surface area contributed by atoms with E-state index in [9.17, 15) is 26.4 Å². The summed E-state index contributed by atoms with van der Waals surface area (Å²) in [7, 11) is -4.70. The molecule has 13 nitrogen and oxygen atoms in total. The van der Waals surface area contributed by atoms with E-state index in [0.29, 0.717) is 60.6 Å². The van der Waals surface area contributed by atoms with E-state index in [-0.39, 0.29) is 6.61 Å². The predicted molar refractivity (Wildman–Crippen MR) is 148 cm³/mol. The third-order valence-electron chi connectivity index (χ3n) is 6.56. The Kier molecular flexibility index (Phi) is 7.74. The molecule has 1 fully saturated rings. The number of hydrogen-bond acceptors (Lipinski definition) is 11. The number of hydrogen-bond donors (Lipinski definition) is 1. The highest BCUT2D eigenvalue weighted by atomic mass is 32.2. The Bertz CT molecular complexity index is 1950. The average Bonchev–Trinajstić information content (AvgIpc) is 3.46. The molecule has 0 atom stereocenters. The van der Waals surface area contributed by atoms with Crippen LogP contribution in [0, 0.1) is 0 Å². The Morgan fingerprint density at radius 2 is 1.80 bits per heavy atom. The van der Waals surface area contributed by atoms with Gasteiger partial charge in [0.25, 0.3) is 10.0 Å². The molecule has 4 aromatic heterocycles. The Morgan fingerprint density at radius 3 is 2.55 bits per heavy atom. The van der Waals surface area contributed by atoms with Gasteiger partial charge in [-0.3, -0.25) is 4.40 Å². The summed E-state index contributed by atoms with van der Waals surface area (Å²) in [6.07, 6.45) is -0.865. The lowest BCUT2D eigenvalue weighted by Crippen LogP contribution is -2.37. The predicted octanol–water partition coefficient (Wildman–Crippen LogP) is 3.05. The van der Waals surface area contributed by atoms with Crippen molar-refractivity contribution < 1.29 is 40.7 Å². The summed E-state index contributed by atoms with van der Waals surface area (Å²) in [6.45, 7) is 2.33. The quantitative estimate of drug-likeness (QED) is 0.252. The minimum absolute atomic E-state index is 0.0900. The Hall–Kier alpha value is -4.87. The molecule has 0 aliphatic carbocycles. The number of halogens is 3. The second-order valence-electron chi connectivity index (χ2n) is 9.48. The van der Waals surface area contributed by atoms with Crippen molar-refractivity contribution in [2.24, 2.45) is 0 Å². The maximum atomic E-state index is 12.4. The van der Waals surface area contributed by atoms with E-state index in [1.807, 2.05) is 35.2 Å². The van der Waals surface area contributed by atoms with Crippen LogP contribution in [0.5, 0.6) is 5.88 Å². The first kappa shape index (κ1) is 29.2. The first-order valence-corrected chi connectivity index (χ1v) is 14.5. The number of anilines is 1. The summed E-state index contributed by atoms with van der Waals surface area (Å²) in [5.74, 6) is -1.69. The number of sulfonamides is 1. The van der Waals surface area contributed by atoms with Crippen molar-refractivity contribution in [3.05, 3.63) is 72.8 Å². The maximum Gasteiger partial charge on any atom is 0.492 e. The number of nitrogens with zero attached hydrogens (tertiary/aromatic N) is 6. The number of para-hydroxylation sites is 1. The van der Waals surface area contributed by atoms with E-state index < -0.39 is 27.2 Å².